The highest BCUT2D eigenvalue weighted by molar-refractivity contribution is 5.96. The number of aliphatic imine (C=N–C) groups is 1. The molecule has 0 fully saturated rings. The summed E-state index contributed by atoms with van der Waals surface area (Å²) in [6.45, 7) is 3.44. The first-order valence-corrected chi connectivity index (χ1v) is 11.6. The number of amides is 4. The Balaban J connectivity index is 5.67. The van der Waals surface area contributed by atoms with Gasteiger partial charge in [-0.2, -0.15) is 0 Å². The van der Waals surface area contributed by atoms with Crippen molar-refractivity contribution in [3.8, 4) is 0 Å². The molecule has 0 rings (SSSR count). The van der Waals surface area contributed by atoms with Crippen LogP contribution in [0.25, 0.3) is 0 Å². The number of carbonyl (C=O) groups is 6. The van der Waals surface area contributed by atoms with Gasteiger partial charge in [0.2, 0.25) is 23.6 Å². The number of hydrogen-bond donors (Lipinski definition) is 9. The fourth-order valence-corrected chi connectivity index (χ4v) is 3.08. The van der Waals surface area contributed by atoms with E-state index >= 15 is 0 Å². The van der Waals surface area contributed by atoms with E-state index in [0.29, 0.717) is 6.42 Å². The van der Waals surface area contributed by atoms with Crippen molar-refractivity contribution < 1.29 is 39.0 Å². The van der Waals surface area contributed by atoms with Crippen molar-refractivity contribution in [3.63, 3.8) is 0 Å². The Kier molecular flexibility index (Phi) is 14.9. The summed E-state index contributed by atoms with van der Waals surface area (Å²) in [5.74, 6) is -6.71. The molecule has 0 aromatic heterocycles. The van der Waals surface area contributed by atoms with E-state index in [-0.39, 0.29) is 38.2 Å². The minimum atomic E-state index is -1.53. The summed E-state index contributed by atoms with van der Waals surface area (Å²) < 4.78 is 0. The second-order valence-electron chi connectivity index (χ2n) is 8.49. The third kappa shape index (κ3) is 13.6. The van der Waals surface area contributed by atoms with Crippen molar-refractivity contribution in [2.45, 2.75) is 76.5 Å². The molecule has 0 aliphatic rings. The Morgan fingerprint density at radius 3 is 1.92 bits per heavy atom. The molecule has 0 heterocycles. The van der Waals surface area contributed by atoms with Crippen LogP contribution >= 0.6 is 0 Å². The number of nitrogens with zero attached hydrogens (tertiary/aromatic N) is 1. The molecule has 37 heavy (non-hydrogen) atoms. The Morgan fingerprint density at radius 2 is 1.43 bits per heavy atom. The predicted molar refractivity (Wildman–Crippen MR) is 131 cm³/mol. The number of rotatable bonds is 18. The molecule has 0 aliphatic heterocycles. The highest BCUT2D eigenvalue weighted by Gasteiger charge is 2.32. The van der Waals surface area contributed by atoms with E-state index in [9.17, 15) is 33.9 Å². The van der Waals surface area contributed by atoms with E-state index in [1.165, 1.54) is 0 Å². The molecule has 16 heteroatoms. The highest BCUT2D eigenvalue weighted by Crippen LogP contribution is 2.09. The van der Waals surface area contributed by atoms with Crippen molar-refractivity contribution in [2.24, 2.45) is 33.8 Å². The van der Waals surface area contributed by atoms with Crippen LogP contribution in [0.1, 0.15) is 52.4 Å². The molecule has 16 nitrogen and oxygen atoms in total. The maximum Gasteiger partial charge on any atom is 0.326 e. The lowest BCUT2D eigenvalue weighted by molar-refractivity contribution is -0.144. The third-order valence-electron chi connectivity index (χ3n) is 5.40. The van der Waals surface area contributed by atoms with E-state index in [0.717, 1.165) is 0 Å². The molecule has 5 atom stereocenters. The summed E-state index contributed by atoms with van der Waals surface area (Å²) in [5, 5.41) is 25.2. The van der Waals surface area contributed by atoms with E-state index in [1.807, 2.05) is 0 Å². The lowest BCUT2D eigenvalue weighted by Crippen LogP contribution is -2.58. The highest BCUT2D eigenvalue weighted by atomic mass is 16.4. The summed E-state index contributed by atoms with van der Waals surface area (Å²) in [5.41, 5.74) is 21.4. The zero-order chi connectivity index (χ0) is 28.7. The smallest absolute Gasteiger partial charge is 0.326 e. The van der Waals surface area contributed by atoms with Crippen LogP contribution in [-0.2, 0) is 28.8 Å². The van der Waals surface area contributed by atoms with Crippen molar-refractivity contribution in [1.82, 2.24) is 16.0 Å². The number of aliphatic carboxylic acids is 2. The summed E-state index contributed by atoms with van der Waals surface area (Å²) in [7, 11) is 0. The van der Waals surface area contributed by atoms with Crippen LogP contribution in [0.3, 0.4) is 0 Å². The first-order valence-electron chi connectivity index (χ1n) is 11.6. The zero-order valence-corrected chi connectivity index (χ0v) is 20.9. The van der Waals surface area contributed by atoms with Crippen molar-refractivity contribution in [1.29, 1.82) is 0 Å². The Labute approximate surface area is 214 Å². The number of nitrogens with one attached hydrogen (secondary N) is 3. The average Bonchev–Trinajstić information content (AvgIpc) is 2.80. The van der Waals surface area contributed by atoms with Gasteiger partial charge in [-0.15, -0.1) is 0 Å². The molecular formula is C21H38N8O8. The molecule has 0 radical (unpaired) electrons. The predicted octanol–water partition coefficient (Wildman–Crippen LogP) is -3.31. The van der Waals surface area contributed by atoms with Crippen LogP contribution in [-0.4, -0.2) is 82.5 Å². The number of guanidine groups is 1. The standard InChI is InChI=1S/C21H38N8O8/c1-3-10(2)16(20(36)37)29-19(35)13(9-14(23)30)28-18(34)12(5-4-8-26-21(24)25)27-17(33)11(22)6-7-15(31)32/h10-13,16H,3-9,22H2,1-2H3,(H2,23,30)(H,27,33)(H,28,34)(H,29,35)(H,31,32)(H,36,37)(H4,24,25,26). The first-order chi connectivity index (χ1) is 17.2. The second kappa shape index (κ2) is 16.7. The molecule has 0 aliphatic carbocycles. The molecule has 5 unspecified atom stereocenters. The zero-order valence-electron chi connectivity index (χ0n) is 20.9. The summed E-state index contributed by atoms with van der Waals surface area (Å²) in [4.78, 5) is 75.9. The number of carboxylic acids is 2. The maximum atomic E-state index is 13.0. The monoisotopic (exact) mass is 530 g/mol. The van der Waals surface area contributed by atoms with Crippen LogP contribution in [0.15, 0.2) is 4.99 Å². The summed E-state index contributed by atoms with van der Waals surface area (Å²) >= 11 is 0. The molecule has 0 saturated carbocycles. The molecular weight excluding hydrogens is 492 g/mol. The minimum absolute atomic E-state index is 0.0183. The third-order valence-corrected chi connectivity index (χ3v) is 5.40. The Hall–Kier alpha value is -3.95. The van der Waals surface area contributed by atoms with Gasteiger partial charge in [0.25, 0.3) is 0 Å². The van der Waals surface area contributed by atoms with Gasteiger partial charge in [-0.05, 0) is 25.2 Å². The van der Waals surface area contributed by atoms with Crippen LogP contribution in [0.2, 0.25) is 0 Å². The topological polar surface area (TPSA) is 295 Å². The van der Waals surface area contributed by atoms with E-state index in [4.69, 9.17) is 28.0 Å². The van der Waals surface area contributed by atoms with Gasteiger partial charge >= 0.3 is 11.9 Å². The first kappa shape index (κ1) is 33.0. The van der Waals surface area contributed by atoms with Crippen LogP contribution in [0.4, 0.5) is 0 Å². The van der Waals surface area contributed by atoms with Crippen LogP contribution in [0.5, 0.6) is 0 Å². The van der Waals surface area contributed by atoms with E-state index < -0.39 is 72.1 Å². The fraction of sp³-hybridized carbons (Fsp3) is 0.667. The van der Waals surface area contributed by atoms with E-state index in [2.05, 4.69) is 20.9 Å². The van der Waals surface area contributed by atoms with Crippen LogP contribution < -0.4 is 38.9 Å². The minimum Gasteiger partial charge on any atom is -0.481 e. The molecule has 13 N–H and O–H groups in total. The van der Waals surface area contributed by atoms with Crippen molar-refractivity contribution in [2.75, 3.05) is 6.54 Å². The fourth-order valence-electron chi connectivity index (χ4n) is 3.08. The molecule has 0 spiro atoms. The number of hydrogen-bond acceptors (Lipinski definition) is 8. The number of primary amides is 1. The molecule has 0 saturated heterocycles. The molecule has 0 aromatic carbocycles. The van der Waals surface area contributed by atoms with E-state index in [1.54, 1.807) is 13.8 Å². The average molecular weight is 531 g/mol. The van der Waals surface area contributed by atoms with Crippen LogP contribution in [0, 0.1) is 5.92 Å². The number of nitrogens with two attached hydrogens (primary N) is 4. The quantitative estimate of drug-likeness (QED) is 0.0480. The Morgan fingerprint density at radius 1 is 0.865 bits per heavy atom. The lowest BCUT2D eigenvalue weighted by Gasteiger charge is -2.26. The van der Waals surface area contributed by atoms with Gasteiger partial charge in [0, 0.05) is 13.0 Å². The molecule has 4 amide bonds. The normalized spacial score (nSPS) is 14.7. The number of carbonyl (C=O) groups excluding carboxylic acids is 4. The summed E-state index contributed by atoms with van der Waals surface area (Å²) in [6.07, 6.45) is -0.592. The molecule has 0 bridgehead atoms. The molecule has 210 valence electrons. The maximum absolute atomic E-state index is 13.0. The van der Waals surface area contributed by atoms with Gasteiger partial charge in [-0.3, -0.25) is 29.0 Å². The van der Waals surface area contributed by atoms with Gasteiger partial charge < -0.3 is 49.1 Å². The second-order valence-corrected chi connectivity index (χ2v) is 8.49. The largest absolute Gasteiger partial charge is 0.481 e. The van der Waals surface area contributed by atoms with Gasteiger partial charge in [0.1, 0.15) is 18.1 Å². The van der Waals surface area contributed by atoms with Gasteiger partial charge in [0.15, 0.2) is 5.96 Å². The van der Waals surface area contributed by atoms with Gasteiger partial charge in [0.05, 0.1) is 12.5 Å². The van der Waals surface area contributed by atoms with Crippen molar-refractivity contribution >= 4 is 41.5 Å². The summed E-state index contributed by atoms with van der Waals surface area (Å²) in [6, 6.07) is -5.33. The molecule has 0 aromatic rings. The lowest BCUT2D eigenvalue weighted by atomic mass is 9.98. The van der Waals surface area contributed by atoms with Gasteiger partial charge in [-0.1, -0.05) is 20.3 Å². The SMILES string of the molecule is CCC(C)C(NC(=O)C(CC(N)=O)NC(=O)C(CCCN=C(N)N)NC(=O)C(N)CCC(=O)O)C(=O)O. The number of carboxylic acid groups (broad SMARTS) is 2. The Bertz CT molecular complexity index is 861. The van der Waals surface area contributed by atoms with Crippen molar-refractivity contribution in [3.05, 3.63) is 0 Å². The van der Waals surface area contributed by atoms with Gasteiger partial charge in [-0.25, -0.2) is 4.79 Å².